The van der Waals surface area contributed by atoms with Gasteiger partial charge in [0.2, 0.25) is 0 Å². The molecule has 0 saturated heterocycles. The summed E-state index contributed by atoms with van der Waals surface area (Å²) in [5.74, 6) is 0.138. The first kappa shape index (κ1) is 14.8. The number of rotatable bonds is 3. The number of benzene rings is 2. The lowest BCUT2D eigenvalue weighted by molar-refractivity contribution is 0.672. The molecule has 5 heteroatoms. The number of aromatic nitrogens is 2. The predicted octanol–water partition coefficient (Wildman–Crippen LogP) is 1.94. The molecule has 0 aliphatic rings. The first-order chi connectivity index (χ1) is 11.1. The zero-order valence-electron chi connectivity index (χ0n) is 12.8. The molecule has 0 saturated carbocycles. The van der Waals surface area contributed by atoms with Crippen molar-refractivity contribution in [3.8, 4) is 5.69 Å². The summed E-state index contributed by atoms with van der Waals surface area (Å²) in [5, 5.41) is 0. The molecule has 2 aromatic carbocycles. The predicted molar refractivity (Wildman–Crippen MR) is 91.0 cm³/mol. The van der Waals surface area contributed by atoms with Crippen molar-refractivity contribution in [2.24, 2.45) is 0 Å². The first-order valence-corrected chi connectivity index (χ1v) is 7.30. The number of nitrogens with zero attached hydrogens (tertiary/aromatic N) is 2. The van der Waals surface area contributed by atoms with Crippen LogP contribution in [0.5, 0.6) is 0 Å². The van der Waals surface area contributed by atoms with E-state index in [2.05, 4.69) is 0 Å². The molecule has 0 atom stereocenters. The van der Waals surface area contributed by atoms with Crippen molar-refractivity contribution in [1.82, 2.24) is 9.13 Å². The van der Waals surface area contributed by atoms with E-state index in [-0.39, 0.29) is 12.4 Å². The maximum Gasteiger partial charge on any atom is 0.337 e. The van der Waals surface area contributed by atoms with E-state index in [1.54, 1.807) is 0 Å². The fourth-order valence-corrected chi connectivity index (χ4v) is 2.56. The van der Waals surface area contributed by atoms with Gasteiger partial charge in [0.15, 0.2) is 0 Å². The van der Waals surface area contributed by atoms with Crippen LogP contribution in [-0.4, -0.2) is 9.13 Å². The van der Waals surface area contributed by atoms with Gasteiger partial charge in [0.05, 0.1) is 12.2 Å². The summed E-state index contributed by atoms with van der Waals surface area (Å²) in [6.45, 7) is 2.11. The molecule has 0 radical (unpaired) electrons. The van der Waals surface area contributed by atoms with Gasteiger partial charge in [-0.1, -0.05) is 48.5 Å². The second-order valence-corrected chi connectivity index (χ2v) is 5.38. The molecule has 0 amide bonds. The summed E-state index contributed by atoms with van der Waals surface area (Å²) in [6.07, 6.45) is 0. The number of anilines is 1. The maximum absolute atomic E-state index is 12.8. The van der Waals surface area contributed by atoms with Crippen LogP contribution in [0.15, 0.2) is 70.3 Å². The zero-order chi connectivity index (χ0) is 16.4. The van der Waals surface area contributed by atoms with Crippen LogP contribution in [0, 0.1) is 6.92 Å². The molecule has 1 heterocycles. The fourth-order valence-electron chi connectivity index (χ4n) is 2.56. The Balaban J connectivity index is 2.20. The van der Waals surface area contributed by atoms with Crippen LogP contribution < -0.4 is 17.0 Å². The molecule has 3 rings (SSSR count). The largest absolute Gasteiger partial charge is 0.385 e. The Hall–Kier alpha value is -3.08. The van der Waals surface area contributed by atoms with Crippen molar-refractivity contribution in [2.75, 3.05) is 5.73 Å². The van der Waals surface area contributed by atoms with E-state index in [1.165, 1.54) is 15.2 Å². The minimum Gasteiger partial charge on any atom is -0.385 e. The quantitative estimate of drug-likeness (QED) is 0.804. The van der Waals surface area contributed by atoms with Crippen LogP contribution in [0.2, 0.25) is 0 Å². The average molecular weight is 307 g/mol. The van der Waals surface area contributed by atoms with Crippen LogP contribution in [0.25, 0.3) is 5.69 Å². The minimum absolute atomic E-state index is 0.138. The lowest BCUT2D eigenvalue weighted by atomic mass is 10.2. The smallest absolute Gasteiger partial charge is 0.337 e. The Labute approximate surface area is 133 Å². The molecule has 23 heavy (non-hydrogen) atoms. The van der Waals surface area contributed by atoms with Gasteiger partial charge in [0.25, 0.3) is 5.56 Å². The summed E-state index contributed by atoms with van der Waals surface area (Å²) in [4.78, 5) is 25.0. The van der Waals surface area contributed by atoms with E-state index >= 15 is 0 Å². The lowest BCUT2D eigenvalue weighted by Crippen LogP contribution is -2.40. The van der Waals surface area contributed by atoms with E-state index in [1.807, 2.05) is 61.5 Å². The lowest BCUT2D eigenvalue weighted by Gasteiger charge is -2.14. The van der Waals surface area contributed by atoms with E-state index < -0.39 is 11.2 Å². The number of hydrogen-bond donors (Lipinski definition) is 1. The van der Waals surface area contributed by atoms with Crippen molar-refractivity contribution in [1.29, 1.82) is 0 Å². The molecule has 0 fully saturated rings. The number of nitrogens with two attached hydrogens (primary N) is 1. The summed E-state index contributed by atoms with van der Waals surface area (Å²) >= 11 is 0. The van der Waals surface area contributed by atoms with Gasteiger partial charge in [-0.2, -0.15) is 0 Å². The van der Waals surface area contributed by atoms with Gasteiger partial charge in [-0.15, -0.1) is 0 Å². The molecule has 116 valence electrons. The highest BCUT2D eigenvalue weighted by molar-refractivity contribution is 5.46. The Morgan fingerprint density at radius 2 is 1.61 bits per heavy atom. The van der Waals surface area contributed by atoms with E-state index in [9.17, 15) is 9.59 Å². The van der Waals surface area contributed by atoms with E-state index in [0.29, 0.717) is 5.69 Å². The van der Waals surface area contributed by atoms with Crippen molar-refractivity contribution in [3.05, 3.63) is 92.6 Å². The monoisotopic (exact) mass is 307 g/mol. The Morgan fingerprint density at radius 3 is 2.30 bits per heavy atom. The second-order valence-electron chi connectivity index (χ2n) is 5.38. The van der Waals surface area contributed by atoms with Crippen LogP contribution in [0.4, 0.5) is 5.82 Å². The Morgan fingerprint density at radius 1 is 0.957 bits per heavy atom. The summed E-state index contributed by atoms with van der Waals surface area (Å²) < 4.78 is 2.57. The van der Waals surface area contributed by atoms with Gasteiger partial charge in [-0.3, -0.25) is 9.36 Å². The summed E-state index contributed by atoms with van der Waals surface area (Å²) in [5.41, 5.74) is 7.56. The third kappa shape index (κ3) is 2.81. The highest BCUT2D eigenvalue weighted by Crippen LogP contribution is 2.14. The van der Waals surface area contributed by atoms with Gasteiger partial charge in [-0.05, 0) is 24.1 Å². The second kappa shape index (κ2) is 5.96. The molecular weight excluding hydrogens is 290 g/mol. The van der Waals surface area contributed by atoms with Gasteiger partial charge in [0, 0.05) is 6.07 Å². The van der Waals surface area contributed by atoms with Gasteiger partial charge in [-0.25, -0.2) is 9.36 Å². The number of para-hydroxylation sites is 1. The molecule has 0 bridgehead atoms. The molecular formula is C18H17N3O2. The third-order valence-corrected chi connectivity index (χ3v) is 3.76. The van der Waals surface area contributed by atoms with Gasteiger partial charge in [0.1, 0.15) is 5.82 Å². The molecule has 0 unspecified atom stereocenters. The molecule has 1 aromatic heterocycles. The normalized spacial score (nSPS) is 10.7. The van der Waals surface area contributed by atoms with Gasteiger partial charge >= 0.3 is 5.69 Å². The number of nitrogen functional groups attached to an aromatic ring is 1. The van der Waals surface area contributed by atoms with Crippen LogP contribution in [0.1, 0.15) is 11.1 Å². The molecule has 0 spiro atoms. The van der Waals surface area contributed by atoms with E-state index in [0.717, 1.165) is 11.1 Å². The minimum atomic E-state index is -0.437. The standard InChI is InChI=1S/C18H17N3O2/c1-13-7-5-6-10-15(13)21-16(19)11-17(22)20(18(21)23)12-14-8-3-2-4-9-14/h2-11H,12,19H2,1H3. The molecule has 0 aliphatic carbocycles. The van der Waals surface area contributed by atoms with Crippen molar-refractivity contribution in [3.63, 3.8) is 0 Å². The molecule has 2 N–H and O–H groups in total. The van der Waals surface area contributed by atoms with Crippen LogP contribution >= 0.6 is 0 Å². The maximum atomic E-state index is 12.8. The van der Waals surface area contributed by atoms with Crippen LogP contribution in [-0.2, 0) is 6.54 Å². The molecule has 5 nitrogen and oxygen atoms in total. The zero-order valence-corrected chi connectivity index (χ0v) is 12.8. The van der Waals surface area contributed by atoms with E-state index in [4.69, 9.17) is 5.73 Å². The van der Waals surface area contributed by atoms with Crippen LogP contribution in [0.3, 0.4) is 0 Å². The fraction of sp³-hybridized carbons (Fsp3) is 0.111. The SMILES string of the molecule is Cc1ccccc1-n1c(N)cc(=O)n(Cc2ccccc2)c1=O. The van der Waals surface area contributed by atoms with Crippen molar-refractivity contribution in [2.45, 2.75) is 13.5 Å². The summed E-state index contributed by atoms with van der Waals surface area (Å²) in [7, 11) is 0. The molecule has 3 aromatic rings. The number of hydrogen-bond acceptors (Lipinski definition) is 3. The van der Waals surface area contributed by atoms with Crippen molar-refractivity contribution >= 4 is 5.82 Å². The average Bonchev–Trinajstić information content (AvgIpc) is 2.54. The Kier molecular flexibility index (Phi) is 3.85. The van der Waals surface area contributed by atoms with Crippen molar-refractivity contribution < 1.29 is 0 Å². The van der Waals surface area contributed by atoms with Gasteiger partial charge < -0.3 is 5.73 Å². The first-order valence-electron chi connectivity index (χ1n) is 7.30. The topological polar surface area (TPSA) is 70.0 Å². The molecule has 0 aliphatic heterocycles. The highest BCUT2D eigenvalue weighted by atomic mass is 16.2. The highest BCUT2D eigenvalue weighted by Gasteiger charge is 2.12. The number of aryl methyl sites for hydroxylation is 1. The Bertz CT molecular complexity index is 956. The third-order valence-electron chi connectivity index (χ3n) is 3.76. The summed E-state index contributed by atoms with van der Waals surface area (Å²) in [6, 6.07) is 18.1.